The molecule has 1 saturated heterocycles. The second-order valence-electron chi connectivity index (χ2n) is 6.79. The van der Waals surface area contributed by atoms with Gasteiger partial charge in [0.25, 0.3) is 0 Å². The van der Waals surface area contributed by atoms with Gasteiger partial charge in [0.15, 0.2) is 5.96 Å². The molecule has 5 nitrogen and oxygen atoms in total. The van der Waals surface area contributed by atoms with Crippen LogP contribution in [-0.2, 0) is 4.74 Å². The van der Waals surface area contributed by atoms with Crippen molar-refractivity contribution in [2.24, 2.45) is 10.7 Å². The summed E-state index contributed by atoms with van der Waals surface area (Å²) in [5, 5.41) is 3.96. The van der Waals surface area contributed by atoms with Crippen molar-refractivity contribution in [1.82, 2.24) is 10.2 Å². The van der Waals surface area contributed by atoms with Crippen LogP contribution in [0, 0.1) is 0 Å². The summed E-state index contributed by atoms with van der Waals surface area (Å²) in [5.74, 6) is 0.461. The third-order valence-electron chi connectivity index (χ3n) is 3.69. The van der Waals surface area contributed by atoms with Crippen LogP contribution >= 0.6 is 11.6 Å². The fourth-order valence-corrected chi connectivity index (χ4v) is 2.92. The van der Waals surface area contributed by atoms with Crippen molar-refractivity contribution in [3.8, 4) is 0 Å². The van der Waals surface area contributed by atoms with E-state index in [2.05, 4.69) is 42.0 Å². The van der Waals surface area contributed by atoms with E-state index in [4.69, 9.17) is 22.1 Å². The fraction of sp³-hybridized carbons (Fsp3) is 0.588. The Morgan fingerprint density at radius 2 is 2.00 bits per heavy atom. The summed E-state index contributed by atoms with van der Waals surface area (Å²) in [6.07, 6.45) is 0. The fourth-order valence-electron chi connectivity index (χ4n) is 2.65. The van der Waals surface area contributed by atoms with E-state index in [-0.39, 0.29) is 11.6 Å². The number of aliphatic imine (C=N–C) groups is 1. The third kappa shape index (κ3) is 5.68. The molecule has 2 rings (SSSR count). The first-order valence-electron chi connectivity index (χ1n) is 8.01. The average molecular weight is 339 g/mol. The Kier molecular flexibility index (Phi) is 6.27. The van der Waals surface area contributed by atoms with Gasteiger partial charge in [-0.3, -0.25) is 9.89 Å². The van der Waals surface area contributed by atoms with Crippen molar-refractivity contribution in [2.45, 2.75) is 32.4 Å². The molecular weight excluding hydrogens is 312 g/mol. The molecule has 1 aliphatic rings. The Morgan fingerprint density at radius 3 is 2.61 bits per heavy atom. The predicted octanol–water partition coefficient (Wildman–Crippen LogP) is 2.42. The molecule has 1 unspecified atom stereocenters. The highest BCUT2D eigenvalue weighted by molar-refractivity contribution is 6.31. The van der Waals surface area contributed by atoms with Crippen LogP contribution in [0.3, 0.4) is 0 Å². The molecule has 0 aliphatic carbocycles. The first-order valence-corrected chi connectivity index (χ1v) is 8.39. The smallest absolute Gasteiger partial charge is 0.189 e. The first kappa shape index (κ1) is 18.0. The minimum Gasteiger partial charge on any atom is -0.379 e. The average Bonchev–Trinajstić information content (AvgIpc) is 2.48. The van der Waals surface area contributed by atoms with E-state index < -0.39 is 0 Å². The number of benzene rings is 1. The number of nitrogens with two attached hydrogens (primary N) is 1. The summed E-state index contributed by atoms with van der Waals surface area (Å²) in [5.41, 5.74) is 7.00. The van der Waals surface area contributed by atoms with E-state index in [1.165, 1.54) is 0 Å². The van der Waals surface area contributed by atoms with Crippen molar-refractivity contribution in [3.05, 3.63) is 34.9 Å². The van der Waals surface area contributed by atoms with Gasteiger partial charge in [-0.25, -0.2) is 0 Å². The van der Waals surface area contributed by atoms with Crippen LogP contribution in [0.25, 0.3) is 0 Å². The molecule has 1 aromatic rings. The number of hydrogen-bond donors (Lipinski definition) is 2. The molecule has 6 heteroatoms. The van der Waals surface area contributed by atoms with Gasteiger partial charge in [-0.2, -0.15) is 0 Å². The molecular formula is C17H27ClN4O. The Bertz CT molecular complexity index is 536. The number of rotatable bonds is 4. The Balaban J connectivity index is 2.17. The number of guanidine groups is 1. The molecule has 128 valence electrons. The summed E-state index contributed by atoms with van der Waals surface area (Å²) in [6, 6.07) is 8.04. The van der Waals surface area contributed by atoms with Crippen molar-refractivity contribution >= 4 is 17.6 Å². The van der Waals surface area contributed by atoms with Crippen molar-refractivity contribution in [1.29, 1.82) is 0 Å². The van der Waals surface area contributed by atoms with E-state index in [9.17, 15) is 0 Å². The largest absolute Gasteiger partial charge is 0.379 e. The van der Waals surface area contributed by atoms with Crippen LogP contribution in [0.1, 0.15) is 32.4 Å². The number of ether oxygens (including phenoxy) is 1. The summed E-state index contributed by atoms with van der Waals surface area (Å²) in [4.78, 5) is 6.90. The molecule has 0 amide bonds. The molecule has 1 aliphatic heterocycles. The molecule has 0 aromatic heterocycles. The lowest BCUT2D eigenvalue weighted by atomic mass is 10.0. The van der Waals surface area contributed by atoms with Crippen molar-refractivity contribution in [3.63, 3.8) is 0 Å². The highest BCUT2D eigenvalue weighted by atomic mass is 35.5. The van der Waals surface area contributed by atoms with E-state index in [0.29, 0.717) is 12.5 Å². The summed E-state index contributed by atoms with van der Waals surface area (Å²) in [6.45, 7) is 9.96. The molecule has 0 saturated carbocycles. The lowest BCUT2D eigenvalue weighted by molar-refractivity contribution is 0.0180. The molecule has 1 atom stereocenters. The van der Waals surface area contributed by atoms with Crippen LogP contribution in [0.5, 0.6) is 0 Å². The van der Waals surface area contributed by atoms with E-state index in [0.717, 1.165) is 36.9 Å². The van der Waals surface area contributed by atoms with Crippen molar-refractivity contribution in [2.75, 3.05) is 32.8 Å². The Labute approximate surface area is 143 Å². The van der Waals surface area contributed by atoms with Crippen molar-refractivity contribution < 1.29 is 4.74 Å². The van der Waals surface area contributed by atoms with Crippen LogP contribution in [0.2, 0.25) is 5.02 Å². The number of hydrogen-bond acceptors (Lipinski definition) is 3. The first-order chi connectivity index (χ1) is 10.9. The number of halogens is 1. The Hall–Kier alpha value is -1.30. The topological polar surface area (TPSA) is 62.9 Å². The monoisotopic (exact) mass is 338 g/mol. The van der Waals surface area contributed by atoms with Gasteiger partial charge in [-0.15, -0.1) is 0 Å². The molecule has 0 radical (unpaired) electrons. The number of nitrogens with one attached hydrogen (secondary N) is 1. The zero-order chi connectivity index (χ0) is 16.9. The van der Waals surface area contributed by atoms with Gasteiger partial charge in [-0.1, -0.05) is 29.8 Å². The third-order valence-corrected chi connectivity index (χ3v) is 4.03. The Morgan fingerprint density at radius 1 is 1.35 bits per heavy atom. The number of morpholine rings is 1. The SMILES string of the molecule is CC(C)(C)NC(N)=NCC(c1ccccc1Cl)N1CCOCC1. The van der Waals surface area contributed by atoms with E-state index >= 15 is 0 Å². The normalized spacial score (nSPS) is 18.7. The van der Waals surface area contributed by atoms with Gasteiger partial charge < -0.3 is 15.8 Å². The maximum absolute atomic E-state index is 6.41. The second-order valence-corrected chi connectivity index (χ2v) is 7.19. The summed E-state index contributed by atoms with van der Waals surface area (Å²) < 4.78 is 5.46. The maximum Gasteiger partial charge on any atom is 0.189 e. The van der Waals surface area contributed by atoms with E-state index in [1.54, 1.807) is 0 Å². The van der Waals surface area contributed by atoms with Crippen LogP contribution in [0.4, 0.5) is 0 Å². The van der Waals surface area contributed by atoms with Crippen LogP contribution in [-0.4, -0.2) is 49.2 Å². The predicted molar refractivity (Wildman–Crippen MR) is 96.0 cm³/mol. The van der Waals surface area contributed by atoms with Gasteiger partial charge in [0.1, 0.15) is 0 Å². The highest BCUT2D eigenvalue weighted by Crippen LogP contribution is 2.28. The molecule has 0 bridgehead atoms. The van der Waals surface area contributed by atoms with Gasteiger partial charge in [0.2, 0.25) is 0 Å². The molecule has 1 heterocycles. The molecule has 1 fully saturated rings. The zero-order valence-electron chi connectivity index (χ0n) is 14.2. The molecule has 23 heavy (non-hydrogen) atoms. The molecule has 3 N–H and O–H groups in total. The van der Waals surface area contributed by atoms with Crippen LogP contribution < -0.4 is 11.1 Å². The van der Waals surface area contributed by atoms with Gasteiger partial charge in [0, 0.05) is 23.7 Å². The van der Waals surface area contributed by atoms with Gasteiger partial charge in [0.05, 0.1) is 25.8 Å². The molecule has 0 spiro atoms. The lowest BCUT2D eigenvalue weighted by Crippen LogP contribution is -2.45. The number of nitrogens with zero attached hydrogens (tertiary/aromatic N) is 2. The molecule has 1 aromatic carbocycles. The van der Waals surface area contributed by atoms with E-state index in [1.807, 2.05) is 18.2 Å². The summed E-state index contributed by atoms with van der Waals surface area (Å²) in [7, 11) is 0. The lowest BCUT2D eigenvalue weighted by Gasteiger charge is -2.34. The zero-order valence-corrected chi connectivity index (χ0v) is 14.9. The van der Waals surface area contributed by atoms with Crippen LogP contribution in [0.15, 0.2) is 29.3 Å². The standard InChI is InChI=1S/C17H27ClN4O/c1-17(2,3)21-16(19)20-12-15(22-8-10-23-11-9-22)13-6-4-5-7-14(13)18/h4-7,15H,8-12H2,1-3H3,(H3,19,20,21). The maximum atomic E-state index is 6.41. The minimum atomic E-state index is -0.105. The quantitative estimate of drug-likeness (QED) is 0.653. The summed E-state index contributed by atoms with van der Waals surface area (Å²) >= 11 is 6.41. The van der Waals surface area contributed by atoms with Gasteiger partial charge in [-0.05, 0) is 32.4 Å². The van der Waals surface area contributed by atoms with Gasteiger partial charge >= 0.3 is 0 Å². The highest BCUT2D eigenvalue weighted by Gasteiger charge is 2.24. The second kappa shape index (κ2) is 7.99. The minimum absolute atomic E-state index is 0.105.